The minimum atomic E-state index is -1.58. The first-order chi connectivity index (χ1) is 8.19. The molecule has 1 aliphatic heterocycles. The molecule has 0 fully saturated rings. The summed E-state index contributed by atoms with van der Waals surface area (Å²) >= 11 is 4.20. The number of halogens is 1. The molecule has 1 aliphatic rings. The normalized spacial score (nSPS) is 18.6. The van der Waals surface area contributed by atoms with Crippen molar-refractivity contribution in [2.75, 3.05) is 7.11 Å². The van der Waals surface area contributed by atoms with Crippen LogP contribution in [0.2, 0.25) is 5.02 Å². The molecule has 1 heterocycles. The van der Waals surface area contributed by atoms with Crippen molar-refractivity contribution in [3.05, 3.63) is 34.9 Å². The highest BCUT2D eigenvalue weighted by atomic mass is 35.5. The monoisotopic (exact) mass is 271 g/mol. The third-order valence-corrected chi connectivity index (χ3v) is 3.01. The number of ether oxygens (including phenoxy) is 1. The highest BCUT2D eigenvalue weighted by molar-refractivity contribution is 7.83. The Morgan fingerprint density at radius 2 is 2.06 bits per heavy atom. The summed E-state index contributed by atoms with van der Waals surface area (Å²) in [6.45, 7) is 0.537. The van der Waals surface area contributed by atoms with Crippen molar-refractivity contribution < 1.29 is 8.95 Å². The molecule has 1 atom stereocenters. The van der Waals surface area contributed by atoms with Gasteiger partial charge in [0.15, 0.2) is 0 Å². The van der Waals surface area contributed by atoms with E-state index in [1.54, 1.807) is 12.1 Å². The van der Waals surface area contributed by atoms with Gasteiger partial charge in [-0.3, -0.25) is 0 Å². The summed E-state index contributed by atoms with van der Waals surface area (Å²) in [5.74, 6) is 0.665. The van der Waals surface area contributed by atoms with Crippen LogP contribution in [0, 0.1) is 0 Å². The zero-order valence-electron chi connectivity index (χ0n) is 9.01. The van der Waals surface area contributed by atoms with Gasteiger partial charge in [-0.2, -0.15) is 0 Å². The average Bonchev–Trinajstić information content (AvgIpc) is 2.69. The van der Waals surface area contributed by atoms with Gasteiger partial charge in [0.25, 0.3) is 17.1 Å². The van der Waals surface area contributed by atoms with Gasteiger partial charge in [-0.1, -0.05) is 23.7 Å². The van der Waals surface area contributed by atoms with Crippen LogP contribution in [0.25, 0.3) is 0 Å². The fraction of sp³-hybridized carbons (Fsp3) is 0.200. The molecule has 0 aromatic heterocycles. The highest BCUT2D eigenvalue weighted by Gasteiger charge is 2.18. The van der Waals surface area contributed by atoms with Gasteiger partial charge < -0.3 is 10.1 Å². The molecule has 0 bridgehead atoms. The molecule has 17 heavy (non-hydrogen) atoms. The van der Waals surface area contributed by atoms with E-state index in [0.29, 0.717) is 17.4 Å². The Hall–Kier alpha value is -1.40. The molecule has 0 aliphatic carbocycles. The standard InChI is InChI=1S/C10H10ClN3O2S/c1-16-10-9(13-17(15)14-10)12-6-7-2-4-8(11)5-3-7/h2-5H,6H2,1H3,(H,12,13). The lowest BCUT2D eigenvalue weighted by Gasteiger charge is -2.06. The van der Waals surface area contributed by atoms with Crippen LogP contribution in [0.15, 0.2) is 33.1 Å². The topological polar surface area (TPSA) is 63.0 Å². The summed E-state index contributed by atoms with van der Waals surface area (Å²) in [5.41, 5.74) is 1.03. The number of hydrogen-bond acceptors (Lipinski definition) is 3. The van der Waals surface area contributed by atoms with Gasteiger partial charge >= 0.3 is 0 Å². The van der Waals surface area contributed by atoms with Crippen molar-refractivity contribution in [3.63, 3.8) is 0 Å². The van der Waals surface area contributed by atoms with E-state index in [9.17, 15) is 4.21 Å². The molecule has 1 aromatic rings. The minimum Gasteiger partial charge on any atom is -0.478 e. The second-order valence-electron chi connectivity index (χ2n) is 3.25. The first-order valence-electron chi connectivity index (χ1n) is 4.81. The van der Waals surface area contributed by atoms with Crippen LogP contribution in [0.1, 0.15) is 5.56 Å². The average molecular weight is 272 g/mol. The summed E-state index contributed by atoms with van der Waals surface area (Å²) in [6.07, 6.45) is 0. The number of methoxy groups -OCH3 is 1. The van der Waals surface area contributed by atoms with Gasteiger partial charge in [-0.05, 0) is 17.7 Å². The molecule has 0 amide bonds. The molecular weight excluding hydrogens is 262 g/mol. The van der Waals surface area contributed by atoms with Crippen LogP contribution in [0.5, 0.6) is 0 Å². The maximum absolute atomic E-state index is 11.1. The zero-order valence-corrected chi connectivity index (χ0v) is 10.6. The summed E-state index contributed by atoms with van der Waals surface area (Å²) < 4.78 is 23.5. The lowest BCUT2D eigenvalue weighted by Crippen LogP contribution is -2.29. The van der Waals surface area contributed by atoms with Crippen LogP contribution < -0.4 is 5.32 Å². The smallest absolute Gasteiger partial charge is 0.271 e. The Morgan fingerprint density at radius 1 is 1.35 bits per heavy atom. The van der Waals surface area contributed by atoms with E-state index in [2.05, 4.69) is 14.1 Å². The van der Waals surface area contributed by atoms with Crippen molar-refractivity contribution in [2.45, 2.75) is 6.54 Å². The number of hydrogen-bond donors (Lipinski definition) is 1. The minimum absolute atomic E-state index is 0.261. The summed E-state index contributed by atoms with van der Waals surface area (Å²) in [7, 11) is 1.46. The van der Waals surface area contributed by atoms with E-state index in [1.807, 2.05) is 12.1 Å². The Balaban J connectivity index is 1.99. The highest BCUT2D eigenvalue weighted by Crippen LogP contribution is 2.09. The predicted octanol–water partition coefficient (Wildman–Crippen LogP) is 1.47. The molecule has 1 aromatic carbocycles. The van der Waals surface area contributed by atoms with Gasteiger partial charge in [0, 0.05) is 11.6 Å². The molecule has 0 saturated heterocycles. The lowest BCUT2D eigenvalue weighted by molar-refractivity contribution is 0.411. The van der Waals surface area contributed by atoms with E-state index in [0.717, 1.165) is 5.56 Å². The summed E-state index contributed by atoms with van der Waals surface area (Å²) in [4.78, 5) is 0. The maximum Gasteiger partial charge on any atom is 0.271 e. The Kier molecular flexibility index (Phi) is 3.75. The molecule has 2 rings (SSSR count). The molecular formula is C10H10ClN3O2S. The summed E-state index contributed by atoms with van der Waals surface area (Å²) in [6, 6.07) is 7.40. The maximum atomic E-state index is 11.1. The van der Waals surface area contributed by atoms with Crippen molar-refractivity contribution >= 4 is 34.5 Å². The summed E-state index contributed by atoms with van der Waals surface area (Å²) in [5, 5.41) is 3.69. The third-order valence-electron chi connectivity index (χ3n) is 2.10. The Morgan fingerprint density at radius 3 is 2.71 bits per heavy atom. The second-order valence-corrected chi connectivity index (χ2v) is 4.51. The number of nitrogens with one attached hydrogen (secondary N) is 1. The van der Waals surface area contributed by atoms with Crippen LogP contribution in [-0.4, -0.2) is 23.1 Å². The van der Waals surface area contributed by atoms with Crippen molar-refractivity contribution in [1.82, 2.24) is 5.32 Å². The van der Waals surface area contributed by atoms with Gasteiger partial charge in [0.2, 0.25) is 5.84 Å². The predicted molar refractivity (Wildman–Crippen MR) is 68.3 cm³/mol. The van der Waals surface area contributed by atoms with Crippen LogP contribution in [0.3, 0.4) is 0 Å². The van der Waals surface area contributed by atoms with E-state index in [1.165, 1.54) is 7.11 Å². The van der Waals surface area contributed by atoms with Crippen LogP contribution in [-0.2, 0) is 22.5 Å². The first kappa shape index (κ1) is 12.1. The van der Waals surface area contributed by atoms with Crippen molar-refractivity contribution in [2.24, 2.45) is 8.80 Å². The number of nitrogens with zero attached hydrogens (tertiary/aromatic N) is 2. The molecule has 90 valence electrons. The van der Waals surface area contributed by atoms with E-state index in [4.69, 9.17) is 16.3 Å². The number of benzene rings is 1. The van der Waals surface area contributed by atoms with E-state index in [-0.39, 0.29) is 5.90 Å². The third kappa shape index (κ3) is 3.04. The van der Waals surface area contributed by atoms with Crippen LogP contribution in [0.4, 0.5) is 0 Å². The lowest BCUT2D eigenvalue weighted by atomic mass is 10.2. The molecule has 1 unspecified atom stereocenters. The van der Waals surface area contributed by atoms with E-state index >= 15 is 0 Å². The number of amidine groups is 1. The molecule has 7 heteroatoms. The molecule has 1 N–H and O–H groups in total. The molecule has 0 saturated carbocycles. The van der Waals surface area contributed by atoms with Crippen LogP contribution >= 0.6 is 11.6 Å². The molecule has 5 nitrogen and oxygen atoms in total. The van der Waals surface area contributed by atoms with Gasteiger partial charge in [-0.15, -0.1) is 8.80 Å². The van der Waals surface area contributed by atoms with Gasteiger partial charge in [-0.25, -0.2) is 4.21 Å². The SMILES string of the molecule is COC1=NS(=O)N=C1NCc1ccc(Cl)cc1. The zero-order chi connectivity index (χ0) is 12.3. The second kappa shape index (κ2) is 5.29. The Bertz CT molecular complexity index is 499. The Labute approximate surface area is 106 Å². The van der Waals surface area contributed by atoms with Crippen molar-refractivity contribution in [1.29, 1.82) is 0 Å². The first-order valence-corrected chi connectivity index (χ1v) is 6.25. The van der Waals surface area contributed by atoms with Gasteiger partial charge in [0.1, 0.15) is 0 Å². The van der Waals surface area contributed by atoms with Crippen molar-refractivity contribution in [3.8, 4) is 0 Å². The fourth-order valence-corrected chi connectivity index (χ4v) is 2.05. The number of rotatable bonds is 2. The van der Waals surface area contributed by atoms with Gasteiger partial charge in [0.05, 0.1) is 7.11 Å². The quantitative estimate of drug-likeness (QED) is 0.886. The molecule has 0 radical (unpaired) electrons. The molecule has 0 spiro atoms. The fourth-order valence-electron chi connectivity index (χ4n) is 1.28. The largest absolute Gasteiger partial charge is 0.478 e. The van der Waals surface area contributed by atoms with E-state index < -0.39 is 11.2 Å².